The zero-order valence-corrected chi connectivity index (χ0v) is 11.1. The van der Waals surface area contributed by atoms with E-state index in [4.69, 9.17) is 0 Å². The van der Waals surface area contributed by atoms with Crippen molar-refractivity contribution in [3.05, 3.63) is 30.1 Å². The van der Waals surface area contributed by atoms with E-state index in [1.165, 1.54) is 11.0 Å². The average molecular weight is 264 g/mol. The molecule has 1 aromatic carbocycles. The first-order chi connectivity index (χ1) is 9.06. The maximum atomic E-state index is 13.7. The molecule has 1 heterocycles. The molecule has 0 bridgehead atoms. The highest BCUT2D eigenvalue weighted by molar-refractivity contribution is 6.00. The number of carbonyl (C=O) groups excluding carboxylic acids is 2. The average Bonchev–Trinajstić information content (AvgIpc) is 2.42. The van der Waals surface area contributed by atoms with E-state index in [2.05, 4.69) is 0 Å². The summed E-state index contributed by atoms with van der Waals surface area (Å²) in [6, 6.07) is 5.65. The van der Waals surface area contributed by atoms with Gasteiger partial charge in [0.25, 0.3) is 0 Å². The molecule has 5 heteroatoms. The van der Waals surface area contributed by atoms with Crippen molar-refractivity contribution in [3.8, 4) is 0 Å². The van der Waals surface area contributed by atoms with Gasteiger partial charge in [0, 0.05) is 19.5 Å². The Bertz CT molecular complexity index is 504. The van der Waals surface area contributed by atoms with Crippen LogP contribution in [0.4, 0.5) is 10.1 Å². The molecule has 19 heavy (non-hydrogen) atoms. The van der Waals surface area contributed by atoms with Gasteiger partial charge in [0.05, 0.1) is 5.69 Å². The Kier molecular flexibility index (Phi) is 3.83. The molecule has 0 aliphatic carbocycles. The number of benzene rings is 1. The van der Waals surface area contributed by atoms with Crippen LogP contribution < -0.4 is 4.90 Å². The fraction of sp³-hybridized carbons (Fsp3) is 0.429. The van der Waals surface area contributed by atoms with Gasteiger partial charge in [0.2, 0.25) is 11.8 Å². The number of nitrogens with zero attached hydrogens (tertiary/aromatic N) is 2. The van der Waals surface area contributed by atoms with Crippen molar-refractivity contribution in [1.82, 2.24) is 4.90 Å². The van der Waals surface area contributed by atoms with Crippen LogP contribution in [0.1, 0.15) is 20.3 Å². The minimum Gasteiger partial charge on any atom is -0.329 e. The van der Waals surface area contributed by atoms with E-state index in [0.29, 0.717) is 19.5 Å². The van der Waals surface area contributed by atoms with Crippen molar-refractivity contribution in [1.29, 1.82) is 0 Å². The molecule has 4 nitrogen and oxygen atoms in total. The first-order valence-corrected chi connectivity index (χ1v) is 6.41. The van der Waals surface area contributed by atoms with Crippen molar-refractivity contribution in [3.63, 3.8) is 0 Å². The Morgan fingerprint density at radius 1 is 1.37 bits per heavy atom. The summed E-state index contributed by atoms with van der Waals surface area (Å²) in [5, 5.41) is 0. The van der Waals surface area contributed by atoms with E-state index in [0.717, 1.165) is 0 Å². The molecule has 1 aromatic rings. The predicted octanol–water partition coefficient (Wildman–Crippen LogP) is 1.80. The van der Waals surface area contributed by atoms with Crippen LogP contribution in [0.15, 0.2) is 24.3 Å². The Balaban J connectivity index is 2.23. The molecule has 0 spiro atoms. The van der Waals surface area contributed by atoms with Gasteiger partial charge in [-0.05, 0) is 19.1 Å². The lowest BCUT2D eigenvalue weighted by Gasteiger charge is -2.39. The molecule has 2 amide bonds. The fourth-order valence-electron chi connectivity index (χ4n) is 2.32. The van der Waals surface area contributed by atoms with Gasteiger partial charge < -0.3 is 9.80 Å². The van der Waals surface area contributed by atoms with E-state index in [1.54, 1.807) is 36.9 Å². The number of piperazine rings is 1. The van der Waals surface area contributed by atoms with Gasteiger partial charge in [-0.25, -0.2) is 4.39 Å². The third kappa shape index (κ3) is 2.45. The van der Waals surface area contributed by atoms with Crippen molar-refractivity contribution < 1.29 is 14.0 Å². The summed E-state index contributed by atoms with van der Waals surface area (Å²) in [4.78, 5) is 27.0. The molecule has 1 fully saturated rings. The summed E-state index contributed by atoms with van der Waals surface area (Å²) >= 11 is 0. The quantitative estimate of drug-likeness (QED) is 0.817. The van der Waals surface area contributed by atoms with Crippen LogP contribution in [-0.4, -0.2) is 35.8 Å². The summed E-state index contributed by atoms with van der Waals surface area (Å²) < 4.78 is 13.7. The maximum Gasteiger partial charge on any atom is 0.249 e. The van der Waals surface area contributed by atoms with Crippen molar-refractivity contribution in [2.24, 2.45) is 0 Å². The molecule has 2 rings (SSSR count). The Hall–Kier alpha value is -1.91. The predicted molar refractivity (Wildman–Crippen MR) is 70.2 cm³/mol. The topological polar surface area (TPSA) is 40.6 Å². The standard InChI is InChI=1S/C14H17FN2O2/c1-3-13(18)16-8-9-17(14(19)10(16)2)12-7-5-4-6-11(12)15/h4-7,10H,3,8-9H2,1-2H3/t10-/m0/s1. The van der Waals surface area contributed by atoms with Gasteiger partial charge in [-0.15, -0.1) is 0 Å². The third-order valence-corrected chi connectivity index (χ3v) is 3.42. The van der Waals surface area contributed by atoms with E-state index in [-0.39, 0.29) is 17.5 Å². The third-order valence-electron chi connectivity index (χ3n) is 3.42. The van der Waals surface area contributed by atoms with Crippen LogP contribution in [-0.2, 0) is 9.59 Å². The lowest BCUT2D eigenvalue weighted by Crippen LogP contribution is -2.57. The molecule has 1 aliphatic heterocycles. The van der Waals surface area contributed by atoms with E-state index in [1.807, 2.05) is 0 Å². The number of hydrogen-bond donors (Lipinski definition) is 0. The van der Waals surface area contributed by atoms with Crippen molar-refractivity contribution >= 4 is 17.5 Å². The Labute approximate surface area is 111 Å². The highest BCUT2D eigenvalue weighted by Gasteiger charge is 2.35. The first kappa shape index (κ1) is 13.5. The molecule has 1 atom stereocenters. The number of carbonyl (C=O) groups is 2. The Morgan fingerprint density at radius 3 is 2.68 bits per heavy atom. The SMILES string of the molecule is CCC(=O)N1CCN(c2ccccc2F)C(=O)[C@@H]1C. The van der Waals surface area contributed by atoms with Crippen LogP contribution in [0.25, 0.3) is 0 Å². The second-order valence-electron chi connectivity index (χ2n) is 4.56. The number of amides is 2. The van der Waals surface area contributed by atoms with Gasteiger partial charge in [0.1, 0.15) is 11.9 Å². The number of hydrogen-bond acceptors (Lipinski definition) is 2. The molecule has 1 aliphatic rings. The van der Waals surface area contributed by atoms with Crippen LogP contribution in [0, 0.1) is 5.82 Å². The zero-order chi connectivity index (χ0) is 14.0. The summed E-state index contributed by atoms with van der Waals surface area (Å²) in [7, 11) is 0. The van der Waals surface area contributed by atoms with Crippen LogP contribution >= 0.6 is 0 Å². The molecule has 0 saturated carbocycles. The number of anilines is 1. The minimum absolute atomic E-state index is 0.0472. The van der Waals surface area contributed by atoms with E-state index < -0.39 is 11.9 Å². The van der Waals surface area contributed by atoms with Crippen molar-refractivity contribution in [2.75, 3.05) is 18.0 Å². The lowest BCUT2D eigenvalue weighted by atomic mass is 10.1. The van der Waals surface area contributed by atoms with Crippen LogP contribution in [0.3, 0.4) is 0 Å². The lowest BCUT2D eigenvalue weighted by molar-refractivity contribution is -0.140. The van der Waals surface area contributed by atoms with E-state index >= 15 is 0 Å². The summed E-state index contributed by atoms with van der Waals surface area (Å²) in [5.74, 6) is -0.703. The van der Waals surface area contributed by atoms with Gasteiger partial charge in [-0.3, -0.25) is 9.59 Å². The highest BCUT2D eigenvalue weighted by Crippen LogP contribution is 2.23. The van der Waals surface area contributed by atoms with Crippen molar-refractivity contribution in [2.45, 2.75) is 26.3 Å². The van der Waals surface area contributed by atoms with Gasteiger partial charge in [0.15, 0.2) is 0 Å². The number of rotatable bonds is 2. The van der Waals surface area contributed by atoms with Gasteiger partial charge >= 0.3 is 0 Å². The fourth-order valence-corrected chi connectivity index (χ4v) is 2.32. The largest absolute Gasteiger partial charge is 0.329 e. The zero-order valence-electron chi connectivity index (χ0n) is 11.1. The molecule has 0 aromatic heterocycles. The van der Waals surface area contributed by atoms with Crippen LogP contribution in [0.2, 0.25) is 0 Å². The van der Waals surface area contributed by atoms with Gasteiger partial charge in [-0.2, -0.15) is 0 Å². The molecule has 0 unspecified atom stereocenters. The van der Waals surface area contributed by atoms with E-state index in [9.17, 15) is 14.0 Å². The first-order valence-electron chi connectivity index (χ1n) is 6.41. The summed E-state index contributed by atoms with van der Waals surface area (Å²) in [6.07, 6.45) is 0.372. The van der Waals surface area contributed by atoms with Gasteiger partial charge in [-0.1, -0.05) is 19.1 Å². The second kappa shape index (κ2) is 5.38. The number of halogens is 1. The normalized spacial score (nSPS) is 19.7. The minimum atomic E-state index is -0.541. The monoisotopic (exact) mass is 264 g/mol. The summed E-state index contributed by atoms with van der Waals surface area (Å²) in [6.45, 7) is 4.22. The summed E-state index contributed by atoms with van der Waals surface area (Å²) in [5.41, 5.74) is 0.281. The second-order valence-corrected chi connectivity index (χ2v) is 4.56. The highest BCUT2D eigenvalue weighted by atomic mass is 19.1. The maximum absolute atomic E-state index is 13.7. The molecular formula is C14H17FN2O2. The molecular weight excluding hydrogens is 247 g/mol. The van der Waals surface area contributed by atoms with Crippen LogP contribution in [0.5, 0.6) is 0 Å². The number of para-hydroxylation sites is 1. The molecule has 1 saturated heterocycles. The smallest absolute Gasteiger partial charge is 0.249 e. The molecule has 102 valence electrons. The Morgan fingerprint density at radius 2 is 2.05 bits per heavy atom. The molecule has 0 radical (unpaired) electrons. The molecule has 0 N–H and O–H groups in total.